The molecular formula is C24H29NO5. The lowest BCUT2D eigenvalue weighted by Crippen LogP contribution is -2.24. The predicted molar refractivity (Wildman–Crippen MR) is 116 cm³/mol. The van der Waals surface area contributed by atoms with Crippen molar-refractivity contribution in [3.63, 3.8) is 0 Å². The van der Waals surface area contributed by atoms with Crippen LogP contribution in [0.1, 0.15) is 54.4 Å². The van der Waals surface area contributed by atoms with Crippen LogP contribution in [0.5, 0.6) is 11.5 Å². The van der Waals surface area contributed by atoms with Crippen LogP contribution in [0.3, 0.4) is 0 Å². The van der Waals surface area contributed by atoms with E-state index in [4.69, 9.17) is 14.2 Å². The lowest BCUT2D eigenvalue weighted by Gasteiger charge is -2.18. The molecule has 3 rings (SSSR count). The van der Waals surface area contributed by atoms with Gasteiger partial charge < -0.3 is 19.1 Å². The number of anilines is 1. The number of nitrogens with zero attached hydrogens (tertiary/aromatic N) is 1. The topological polar surface area (TPSA) is 65.1 Å². The third kappa shape index (κ3) is 4.93. The average molecular weight is 411 g/mol. The molecule has 6 nitrogen and oxygen atoms in total. The fourth-order valence-electron chi connectivity index (χ4n) is 3.69. The summed E-state index contributed by atoms with van der Waals surface area (Å²) in [6.45, 7) is 3.45. The molecule has 2 aromatic carbocycles. The van der Waals surface area contributed by atoms with Crippen LogP contribution in [0.2, 0.25) is 0 Å². The Hall–Kier alpha value is -3.02. The molecule has 0 bridgehead atoms. The molecule has 0 saturated carbocycles. The molecule has 6 heteroatoms. The zero-order valence-electron chi connectivity index (χ0n) is 17.8. The highest BCUT2D eigenvalue weighted by atomic mass is 16.5. The van der Waals surface area contributed by atoms with Gasteiger partial charge >= 0.3 is 5.97 Å². The third-order valence-corrected chi connectivity index (χ3v) is 5.39. The summed E-state index contributed by atoms with van der Waals surface area (Å²) in [4.78, 5) is 26.3. The summed E-state index contributed by atoms with van der Waals surface area (Å²) < 4.78 is 15.9. The van der Waals surface area contributed by atoms with Crippen LogP contribution < -0.4 is 14.4 Å². The van der Waals surface area contributed by atoms with Crippen molar-refractivity contribution in [3.8, 4) is 11.5 Å². The molecule has 1 fully saturated rings. The summed E-state index contributed by atoms with van der Waals surface area (Å²) in [5.41, 5.74) is 2.20. The largest absolute Gasteiger partial charge is 0.496 e. The van der Waals surface area contributed by atoms with Gasteiger partial charge in [0.1, 0.15) is 17.1 Å². The number of ether oxygens (including phenoxy) is 3. The van der Waals surface area contributed by atoms with Crippen LogP contribution in [-0.4, -0.2) is 39.2 Å². The molecule has 1 aliphatic heterocycles. The number of amides is 1. The van der Waals surface area contributed by atoms with Gasteiger partial charge in [-0.2, -0.15) is 0 Å². The maximum Gasteiger partial charge on any atom is 0.341 e. The molecule has 30 heavy (non-hydrogen) atoms. The highest BCUT2D eigenvalue weighted by Crippen LogP contribution is 2.34. The number of hydrogen-bond donors (Lipinski definition) is 0. The van der Waals surface area contributed by atoms with E-state index in [-0.39, 0.29) is 11.8 Å². The normalized spacial score (nSPS) is 15.9. The van der Waals surface area contributed by atoms with Gasteiger partial charge in [-0.3, -0.25) is 4.79 Å². The summed E-state index contributed by atoms with van der Waals surface area (Å²) in [6, 6.07) is 13.1. The second kappa shape index (κ2) is 10.1. The van der Waals surface area contributed by atoms with E-state index < -0.39 is 5.97 Å². The lowest BCUT2D eigenvalue weighted by atomic mass is 9.96. The Morgan fingerprint density at radius 3 is 2.53 bits per heavy atom. The SMILES string of the molecule is CCCCCOc1ccc(N2CC(c3ccc(C(=O)OC)c(OC)c3)CC2=O)cc1. The van der Waals surface area contributed by atoms with E-state index in [1.54, 1.807) is 11.0 Å². The molecule has 2 aromatic rings. The van der Waals surface area contributed by atoms with Gasteiger partial charge in [-0.25, -0.2) is 4.79 Å². The number of carbonyl (C=O) groups excluding carboxylic acids is 2. The molecule has 1 saturated heterocycles. The van der Waals surface area contributed by atoms with Gasteiger partial charge in [0.15, 0.2) is 0 Å². The summed E-state index contributed by atoms with van der Waals surface area (Å²) in [5, 5.41) is 0. The quantitative estimate of drug-likeness (QED) is 0.447. The molecule has 1 amide bonds. The minimum atomic E-state index is -0.445. The van der Waals surface area contributed by atoms with E-state index in [0.717, 1.165) is 36.3 Å². The molecule has 0 N–H and O–H groups in total. The number of benzene rings is 2. The Morgan fingerprint density at radius 1 is 1.10 bits per heavy atom. The van der Waals surface area contributed by atoms with Gasteiger partial charge in [0.25, 0.3) is 0 Å². The maximum atomic E-state index is 12.7. The summed E-state index contributed by atoms with van der Waals surface area (Å²) >= 11 is 0. The smallest absolute Gasteiger partial charge is 0.341 e. The van der Waals surface area contributed by atoms with Gasteiger partial charge in [-0.1, -0.05) is 25.8 Å². The van der Waals surface area contributed by atoms with Crippen molar-refractivity contribution in [1.29, 1.82) is 0 Å². The standard InChI is InChI=1S/C24H29NO5/c1-4-5-6-13-30-20-10-8-19(9-11-20)25-16-18(15-23(25)26)17-7-12-21(24(27)29-3)22(14-17)28-2/h7-12,14,18H,4-6,13,15-16H2,1-3H3. The first-order valence-corrected chi connectivity index (χ1v) is 10.4. The number of hydrogen-bond acceptors (Lipinski definition) is 5. The van der Waals surface area contributed by atoms with Crippen molar-refractivity contribution in [2.75, 3.05) is 32.3 Å². The van der Waals surface area contributed by atoms with Crippen molar-refractivity contribution < 1.29 is 23.8 Å². The van der Waals surface area contributed by atoms with Gasteiger partial charge in [-0.05, 0) is 48.4 Å². The van der Waals surface area contributed by atoms with Crippen LogP contribution in [0.15, 0.2) is 42.5 Å². The first kappa shape index (κ1) is 21.7. The average Bonchev–Trinajstić information content (AvgIpc) is 3.17. The Morgan fingerprint density at radius 2 is 1.87 bits per heavy atom. The zero-order valence-corrected chi connectivity index (χ0v) is 17.8. The number of methoxy groups -OCH3 is 2. The van der Waals surface area contributed by atoms with Crippen molar-refractivity contribution in [3.05, 3.63) is 53.6 Å². The summed E-state index contributed by atoms with van der Waals surface area (Å²) in [7, 11) is 2.86. The molecule has 0 radical (unpaired) electrons. The maximum absolute atomic E-state index is 12.7. The molecule has 0 aliphatic carbocycles. The van der Waals surface area contributed by atoms with Gasteiger partial charge in [0.05, 0.1) is 20.8 Å². The van der Waals surface area contributed by atoms with Crippen LogP contribution in [0.4, 0.5) is 5.69 Å². The highest BCUT2D eigenvalue weighted by Gasteiger charge is 2.32. The molecule has 0 aromatic heterocycles. The second-order valence-electron chi connectivity index (χ2n) is 7.41. The number of unbranched alkanes of at least 4 members (excludes halogenated alkanes) is 2. The minimum absolute atomic E-state index is 0.0306. The summed E-state index contributed by atoms with van der Waals surface area (Å²) in [6.07, 6.45) is 3.78. The zero-order chi connectivity index (χ0) is 21.5. The molecule has 1 heterocycles. The predicted octanol–water partition coefficient (Wildman–Crippen LogP) is 4.57. The van der Waals surface area contributed by atoms with Crippen molar-refractivity contribution in [2.45, 2.75) is 38.5 Å². The molecule has 0 spiro atoms. The fourth-order valence-corrected chi connectivity index (χ4v) is 3.69. The monoisotopic (exact) mass is 411 g/mol. The summed E-state index contributed by atoms with van der Waals surface area (Å²) in [5.74, 6) is 0.936. The van der Waals surface area contributed by atoms with Gasteiger partial charge in [-0.15, -0.1) is 0 Å². The van der Waals surface area contributed by atoms with E-state index in [2.05, 4.69) is 6.92 Å². The van der Waals surface area contributed by atoms with Gasteiger partial charge in [0, 0.05) is 24.6 Å². The van der Waals surface area contributed by atoms with Crippen LogP contribution >= 0.6 is 0 Å². The van der Waals surface area contributed by atoms with Crippen molar-refractivity contribution >= 4 is 17.6 Å². The van der Waals surface area contributed by atoms with Crippen LogP contribution in [-0.2, 0) is 9.53 Å². The molecular weight excluding hydrogens is 382 g/mol. The van der Waals surface area contributed by atoms with E-state index in [0.29, 0.717) is 30.9 Å². The van der Waals surface area contributed by atoms with Crippen molar-refractivity contribution in [2.24, 2.45) is 0 Å². The lowest BCUT2D eigenvalue weighted by molar-refractivity contribution is -0.117. The van der Waals surface area contributed by atoms with E-state index in [9.17, 15) is 9.59 Å². The Bertz CT molecular complexity index is 878. The second-order valence-corrected chi connectivity index (χ2v) is 7.41. The molecule has 160 valence electrons. The van der Waals surface area contributed by atoms with Crippen LogP contribution in [0.25, 0.3) is 0 Å². The number of rotatable bonds is 9. The van der Waals surface area contributed by atoms with Crippen molar-refractivity contribution in [1.82, 2.24) is 0 Å². The Balaban J connectivity index is 1.68. The highest BCUT2D eigenvalue weighted by molar-refractivity contribution is 5.97. The van der Waals surface area contributed by atoms with Gasteiger partial charge in [0.2, 0.25) is 5.91 Å². The Kier molecular flexibility index (Phi) is 7.33. The van der Waals surface area contributed by atoms with E-state index in [1.165, 1.54) is 14.2 Å². The minimum Gasteiger partial charge on any atom is -0.496 e. The van der Waals surface area contributed by atoms with Crippen LogP contribution in [0, 0.1) is 0 Å². The number of esters is 1. The molecule has 1 aliphatic rings. The number of carbonyl (C=O) groups is 2. The third-order valence-electron chi connectivity index (χ3n) is 5.39. The molecule has 1 atom stereocenters. The van der Waals surface area contributed by atoms with E-state index >= 15 is 0 Å². The first-order chi connectivity index (χ1) is 14.6. The van der Waals surface area contributed by atoms with E-state index in [1.807, 2.05) is 36.4 Å². The Labute approximate surface area is 177 Å². The fraction of sp³-hybridized carbons (Fsp3) is 0.417. The first-order valence-electron chi connectivity index (χ1n) is 10.4. The molecule has 1 unspecified atom stereocenters.